The van der Waals surface area contributed by atoms with Crippen LogP contribution >= 0.6 is 12.4 Å². The third-order valence-corrected chi connectivity index (χ3v) is 2.63. The predicted molar refractivity (Wildman–Crippen MR) is 76.6 cm³/mol. The van der Waals surface area contributed by atoms with Crippen molar-refractivity contribution in [3.8, 4) is 22.6 Å². The number of nitrogen functional groups attached to an aromatic ring is 1. The molecule has 0 atom stereocenters. The molecule has 0 aromatic heterocycles. The van der Waals surface area contributed by atoms with Crippen molar-refractivity contribution < 1.29 is 9.47 Å². The van der Waals surface area contributed by atoms with Crippen LogP contribution in [0.15, 0.2) is 42.5 Å². The van der Waals surface area contributed by atoms with Crippen LogP contribution in [0.25, 0.3) is 11.1 Å². The van der Waals surface area contributed by atoms with Gasteiger partial charge in [-0.2, -0.15) is 0 Å². The highest BCUT2D eigenvalue weighted by Crippen LogP contribution is 2.33. The van der Waals surface area contributed by atoms with E-state index in [0.717, 1.165) is 28.3 Å². The molecule has 96 valence electrons. The Bertz CT molecular complexity index is 512. The topological polar surface area (TPSA) is 44.5 Å². The van der Waals surface area contributed by atoms with E-state index in [-0.39, 0.29) is 12.4 Å². The van der Waals surface area contributed by atoms with Crippen LogP contribution < -0.4 is 15.2 Å². The zero-order chi connectivity index (χ0) is 12.3. The number of benzene rings is 2. The van der Waals surface area contributed by atoms with E-state index in [4.69, 9.17) is 15.2 Å². The summed E-state index contributed by atoms with van der Waals surface area (Å²) in [5.41, 5.74) is 8.51. The van der Waals surface area contributed by atoms with Gasteiger partial charge in [0.2, 0.25) is 0 Å². The van der Waals surface area contributed by atoms with Gasteiger partial charge in [-0.25, -0.2) is 0 Å². The monoisotopic (exact) mass is 265 g/mol. The average molecular weight is 266 g/mol. The lowest BCUT2D eigenvalue weighted by Gasteiger charge is -2.10. The number of anilines is 1. The van der Waals surface area contributed by atoms with Crippen LogP contribution in [0.5, 0.6) is 11.5 Å². The first-order chi connectivity index (χ1) is 8.24. The third-order valence-electron chi connectivity index (χ3n) is 2.63. The highest BCUT2D eigenvalue weighted by Gasteiger charge is 2.06. The molecule has 2 aromatic rings. The van der Waals surface area contributed by atoms with Crippen LogP contribution in [0.2, 0.25) is 0 Å². The van der Waals surface area contributed by atoms with Crippen LogP contribution in [0.4, 0.5) is 5.69 Å². The fourth-order valence-electron chi connectivity index (χ4n) is 1.70. The number of halogens is 1. The Morgan fingerprint density at radius 2 is 1.56 bits per heavy atom. The lowest BCUT2D eigenvalue weighted by molar-refractivity contribution is 0.395. The number of methoxy groups -OCH3 is 2. The summed E-state index contributed by atoms with van der Waals surface area (Å²) >= 11 is 0. The Kier molecular flexibility index (Phi) is 4.86. The molecule has 2 N–H and O–H groups in total. The van der Waals surface area contributed by atoms with Gasteiger partial charge in [0, 0.05) is 17.3 Å². The van der Waals surface area contributed by atoms with Crippen molar-refractivity contribution in [3.05, 3.63) is 42.5 Å². The van der Waals surface area contributed by atoms with E-state index in [1.54, 1.807) is 14.2 Å². The molecule has 4 heteroatoms. The number of nitrogens with two attached hydrogens (primary N) is 1. The first kappa shape index (κ1) is 14.2. The third kappa shape index (κ3) is 2.87. The zero-order valence-corrected chi connectivity index (χ0v) is 11.2. The summed E-state index contributed by atoms with van der Waals surface area (Å²) in [6.45, 7) is 0. The van der Waals surface area contributed by atoms with E-state index in [1.807, 2.05) is 42.5 Å². The van der Waals surface area contributed by atoms with Gasteiger partial charge in [0.1, 0.15) is 11.5 Å². The molecule has 3 nitrogen and oxygen atoms in total. The van der Waals surface area contributed by atoms with Gasteiger partial charge in [0.15, 0.2) is 0 Å². The van der Waals surface area contributed by atoms with E-state index in [1.165, 1.54) is 0 Å². The van der Waals surface area contributed by atoms with Gasteiger partial charge in [-0.15, -0.1) is 12.4 Å². The van der Waals surface area contributed by atoms with Gasteiger partial charge in [0.05, 0.1) is 14.2 Å². The van der Waals surface area contributed by atoms with Crippen molar-refractivity contribution >= 4 is 18.1 Å². The van der Waals surface area contributed by atoms with Crippen molar-refractivity contribution in [2.45, 2.75) is 0 Å². The van der Waals surface area contributed by atoms with Crippen LogP contribution in [0, 0.1) is 0 Å². The molecular formula is C14H16ClNO2. The zero-order valence-electron chi connectivity index (χ0n) is 10.3. The SMILES string of the molecule is COc1ccc(-c2ccc(N)cc2)c(OC)c1.Cl. The predicted octanol–water partition coefficient (Wildman–Crippen LogP) is 3.37. The second kappa shape index (κ2) is 6.17. The molecular weight excluding hydrogens is 250 g/mol. The molecule has 0 saturated heterocycles. The minimum atomic E-state index is 0. The Morgan fingerprint density at radius 3 is 2.11 bits per heavy atom. The molecule has 0 radical (unpaired) electrons. The van der Waals surface area contributed by atoms with Crippen molar-refractivity contribution in [3.63, 3.8) is 0 Å². The number of rotatable bonds is 3. The molecule has 0 unspecified atom stereocenters. The summed E-state index contributed by atoms with van der Waals surface area (Å²) in [6, 6.07) is 13.4. The van der Waals surface area contributed by atoms with E-state index >= 15 is 0 Å². The summed E-state index contributed by atoms with van der Waals surface area (Å²) in [5, 5.41) is 0. The van der Waals surface area contributed by atoms with Gasteiger partial charge < -0.3 is 15.2 Å². The summed E-state index contributed by atoms with van der Waals surface area (Å²) in [5.74, 6) is 1.56. The maximum Gasteiger partial charge on any atom is 0.130 e. The first-order valence-corrected chi connectivity index (χ1v) is 5.32. The Labute approximate surface area is 113 Å². The van der Waals surface area contributed by atoms with E-state index < -0.39 is 0 Å². The molecule has 18 heavy (non-hydrogen) atoms. The van der Waals surface area contributed by atoms with Gasteiger partial charge in [-0.05, 0) is 29.8 Å². The average Bonchev–Trinajstić information content (AvgIpc) is 2.39. The number of hydrogen-bond donors (Lipinski definition) is 1. The Balaban J connectivity index is 0.00000162. The molecule has 0 fully saturated rings. The quantitative estimate of drug-likeness (QED) is 0.866. The lowest BCUT2D eigenvalue weighted by atomic mass is 10.0. The maximum absolute atomic E-state index is 5.67. The molecule has 0 heterocycles. The highest BCUT2D eigenvalue weighted by molar-refractivity contribution is 5.85. The van der Waals surface area contributed by atoms with E-state index in [0.29, 0.717) is 0 Å². The molecule has 0 bridgehead atoms. The number of hydrogen-bond acceptors (Lipinski definition) is 3. The molecule has 0 aliphatic rings. The van der Waals surface area contributed by atoms with E-state index in [9.17, 15) is 0 Å². The smallest absolute Gasteiger partial charge is 0.130 e. The first-order valence-electron chi connectivity index (χ1n) is 5.32. The minimum absolute atomic E-state index is 0. The standard InChI is InChI=1S/C14H15NO2.ClH/c1-16-12-7-8-13(14(9-12)17-2)10-3-5-11(15)6-4-10;/h3-9H,15H2,1-2H3;1H. The molecule has 0 saturated carbocycles. The van der Waals surface area contributed by atoms with Crippen molar-refractivity contribution in [1.82, 2.24) is 0 Å². The molecule has 0 spiro atoms. The Morgan fingerprint density at radius 1 is 0.889 bits per heavy atom. The summed E-state index contributed by atoms with van der Waals surface area (Å²) in [6.07, 6.45) is 0. The van der Waals surface area contributed by atoms with Gasteiger partial charge in [-0.3, -0.25) is 0 Å². The Hall–Kier alpha value is -1.87. The normalized spacial score (nSPS) is 9.44. The largest absolute Gasteiger partial charge is 0.497 e. The molecule has 2 aromatic carbocycles. The van der Waals surface area contributed by atoms with Gasteiger partial charge in [-0.1, -0.05) is 12.1 Å². The second-order valence-electron chi connectivity index (χ2n) is 3.69. The summed E-state index contributed by atoms with van der Waals surface area (Å²) < 4.78 is 10.5. The molecule has 0 aliphatic heterocycles. The van der Waals surface area contributed by atoms with Crippen LogP contribution in [-0.4, -0.2) is 14.2 Å². The second-order valence-corrected chi connectivity index (χ2v) is 3.69. The highest BCUT2D eigenvalue weighted by atomic mass is 35.5. The van der Waals surface area contributed by atoms with Gasteiger partial charge in [0.25, 0.3) is 0 Å². The summed E-state index contributed by atoms with van der Waals surface area (Å²) in [7, 11) is 3.28. The molecule has 0 amide bonds. The molecule has 0 aliphatic carbocycles. The maximum atomic E-state index is 5.67. The lowest BCUT2D eigenvalue weighted by Crippen LogP contribution is -1.91. The minimum Gasteiger partial charge on any atom is -0.497 e. The van der Waals surface area contributed by atoms with Crippen LogP contribution in [-0.2, 0) is 0 Å². The fourth-order valence-corrected chi connectivity index (χ4v) is 1.70. The van der Waals surface area contributed by atoms with Crippen LogP contribution in [0.3, 0.4) is 0 Å². The van der Waals surface area contributed by atoms with Crippen LogP contribution in [0.1, 0.15) is 0 Å². The van der Waals surface area contributed by atoms with Crippen molar-refractivity contribution in [2.75, 3.05) is 20.0 Å². The van der Waals surface area contributed by atoms with E-state index in [2.05, 4.69) is 0 Å². The van der Waals surface area contributed by atoms with Crippen molar-refractivity contribution in [2.24, 2.45) is 0 Å². The molecule has 2 rings (SSSR count). The summed E-state index contributed by atoms with van der Waals surface area (Å²) in [4.78, 5) is 0. The van der Waals surface area contributed by atoms with Crippen molar-refractivity contribution in [1.29, 1.82) is 0 Å². The number of ether oxygens (including phenoxy) is 2. The fraction of sp³-hybridized carbons (Fsp3) is 0.143. The van der Waals surface area contributed by atoms with Gasteiger partial charge >= 0.3 is 0 Å².